The smallest absolute Gasteiger partial charge is 0.255 e. The standard InChI is InChI=1S/C20H16ClN3O3/c1-12-8-14(21)2-4-16(12)24-19-9-13(6-7-22-19)20(25)23-15-3-5-17-18(10-15)27-11-26-17/h2-10H,11H2,1H3,(H,22,24)(H,23,25). The minimum absolute atomic E-state index is 0.191. The van der Waals surface area contributed by atoms with E-state index in [1.165, 1.54) is 0 Å². The summed E-state index contributed by atoms with van der Waals surface area (Å²) in [5.74, 6) is 1.61. The molecule has 0 radical (unpaired) electrons. The Bertz CT molecular complexity index is 1020. The molecule has 2 heterocycles. The molecule has 6 nitrogen and oxygen atoms in total. The van der Waals surface area contributed by atoms with E-state index in [0.717, 1.165) is 11.3 Å². The first kappa shape index (κ1) is 17.2. The molecule has 1 aliphatic heterocycles. The number of rotatable bonds is 4. The molecule has 2 aromatic carbocycles. The molecule has 0 bridgehead atoms. The lowest BCUT2D eigenvalue weighted by molar-refractivity contribution is 0.102. The summed E-state index contributed by atoms with van der Waals surface area (Å²) in [4.78, 5) is 16.8. The number of aromatic nitrogens is 1. The summed E-state index contributed by atoms with van der Waals surface area (Å²) in [5, 5.41) is 6.73. The Morgan fingerprint density at radius 1 is 1.07 bits per heavy atom. The number of hydrogen-bond acceptors (Lipinski definition) is 5. The van der Waals surface area contributed by atoms with E-state index in [2.05, 4.69) is 15.6 Å². The van der Waals surface area contributed by atoms with Crippen molar-refractivity contribution in [3.8, 4) is 11.5 Å². The van der Waals surface area contributed by atoms with E-state index in [9.17, 15) is 4.79 Å². The summed E-state index contributed by atoms with van der Waals surface area (Å²) in [5.41, 5.74) is 2.97. The minimum atomic E-state index is -0.243. The first-order valence-electron chi connectivity index (χ1n) is 8.29. The normalized spacial score (nSPS) is 11.9. The molecular weight excluding hydrogens is 366 g/mol. The van der Waals surface area contributed by atoms with Crippen molar-refractivity contribution < 1.29 is 14.3 Å². The van der Waals surface area contributed by atoms with Crippen molar-refractivity contribution in [2.75, 3.05) is 17.4 Å². The zero-order chi connectivity index (χ0) is 18.8. The number of ether oxygens (including phenoxy) is 2. The minimum Gasteiger partial charge on any atom is -0.454 e. The second-order valence-electron chi connectivity index (χ2n) is 6.04. The zero-order valence-electron chi connectivity index (χ0n) is 14.5. The van der Waals surface area contributed by atoms with E-state index in [-0.39, 0.29) is 12.7 Å². The number of carbonyl (C=O) groups is 1. The molecule has 0 saturated carbocycles. The fraction of sp³-hybridized carbons (Fsp3) is 0.100. The number of carbonyl (C=O) groups excluding carboxylic acids is 1. The van der Waals surface area contributed by atoms with Gasteiger partial charge in [0.05, 0.1) is 0 Å². The molecule has 2 N–H and O–H groups in total. The number of nitrogens with one attached hydrogen (secondary N) is 2. The lowest BCUT2D eigenvalue weighted by Crippen LogP contribution is -2.12. The van der Waals surface area contributed by atoms with E-state index in [1.807, 2.05) is 19.1 Å². The van der Waals surface area contributed by atoms with Crippen molar-refractivity contribution in [2.24, 2.45) is 0 Å². The van der Waals surface area contributed by atoms with Crippen molar-refractivity contribution in [1.82, 2.24) is 4.98 Å². The van der Waals surface area contributed by atoms with Gasteiger partial charge in [-0.15, -0.1) is 0 Å². The maximum atomic E-state index is 12.6. The van der Waals surface area contributed by atoms with Gasteiger partial charge in [-0.05, 0) is 55.0 Å². The SMILES string of the molecule is Cc1cc(Cl)ccc1Nc1cc(C(=O)Nc2ccc3c(c2)OCO3)ccn1. The third kappa shape index (κ3) is 3.80. The molecule has 7 heteroatoms. The zero-order valence-corrected chi connectivity index (χ0v) is 15.2. The molecule has 0 spiro atoms. The molecule has 0 atom stereocenters. The van der Waals surface area contributed by atoms with Gasteiger partial charge in [-0.2, -0.15) is 0 Å². The summed E-state index contributed by atoms with van der Waals surface area (Å²) < 4.78 is 10.6. The highest BCUT2D eigenvalue weighted by Gasteiger charge is 2.15. The Morgan fingerprint density at radius 3 is 2.78 bits per heavy atom. The van der Waals surface area contributed by atoms with Gasteiger partial charge in [0.2, 0.25) is 6.79 Å². The molecule has 1 aromatic heterocycles. The summed E-state index contributed by atoms with van der Waals surface area (Å²) in [6.45, 7) is 2.14. The van der Waals surface area contributed by atoms with Crippen molar-refractivity contribution in [3.63, 3.8) is 0 Å². The van der Waals surface area contributed by atoms with Crippen LogP contribution in [-0.4, -0.2) is 17.7 Å². The number of pyridine rings is 1. The van der Waals surface area contributed by atoms with Gasteiger partial charge in [0, 0.05) is 34.2 Å². The van der Waals surface area contributed by atoms with Crippen molar-refractivity contribution >= 4 is 34.7 Å². The van der Waals surface area contributed by atoms with Crippen LogP contribution in [0.25, 0.3) is 0 Å². The number of hydrogen-bond donors (Lipinski definition) is 2. The van der Waals surface area contributed by atoms with Gasteiger partial charge >= 0.3 is 0 Å². The Labute approximate surface area is 161 Å². The molecular formula is C20H16ClN3O3. The molecule has 3 aromatic rings. The van der Waals surface area contributed by atoms with Crippen LogP contribution in [0.3, 0.4) is 0 Å². The molecule has 27 heavy (non-hydrogen) atoms. The highest BCUT2D eigenvalue weighted by atomic mass is 35.5. The van der Waals surface area contributed by atoms with Crippen LogP contribution in [0.1, 0.15) is 15.9 Å². The van der Waals surface area contributed by atoms with Gasteiger partial charge in [0.25, 0.3) is 5.91 Å². The van der Waals surface area contributed by atoms with Crippen LogP contribution in [0, 0.1) is 6.92 Å². The van der Waals surface area contributed by atoms with Gasteiger partial charge < -0.3 is 20.1 Å². The quantitative estimate of drug-likeness (QED) is 0.681. The maximum absolute atomic E-state index is 12.6. The molecule has 136 valence electrons. The fourth-order valence-corrected chi connectivity index (χ4v) is 2.95. The number of halogens is 1. The van der Waals surface area contributed by atoms with Crippen LogP contribution >= 0.6 is 11.6 Å². The van der Waals surface area contributed by atoms with Crippen molar-refractivity contribution in [2.45, 2.75) is 6.92 Å². The number of benzene rings is 2. The second-order valence-corrected chi connectivity index (χ2v) is 6.47. The average Bonchev–Trinajstić information content (AvgIpc) is 3.12. The number of nitrogens with zero attached hydrogens (tertiary/aromatic N) is 1. The van der Waals surface area contributed by atoms with E-state index in [4.69, 9.17) is 21.1 Å². The molecule has 0 aliphatic carbocycles. The Balaban J connectivity index is 1.50. The van der Waals surface area contributed by atoms with Crippen LogP contribution in [0.5, 0.6) is 11.5 Å². The van der Waals surface area contributed by atoms with Gasteiger partial charge in [0.15, 0.2) is 11.5 Å². The summed E-state index contributed by atoms with van der Waals surface area (Å²) >= 11 is 5.99. The molecule has 4 rings (SSSR count). The van der Waals surface area contributed by atoms with E-state index >= 15 is 0 Å². The maximum Gasteiger partial charge on any atom is 0.255 e. The monoisotopic (exact) mass is 381 g/mol. The lowest BCUT2D eigenvalue weighted by atomic mass is 10.2. The lowest BCUT2D eigenvalue weighted by Gasteiger charge is -2.11. The van der Waals surface area contributed by atoms with Gasteiger partial charge in [-0.3, -0.25) is 4.79 Å². The second kappa shape index (κ2) is 7.17. The van der Waals surface area contributed by atoms with E-state index in [1.54, 1.807) is 42.6 Å². The Hall–Kier alpha value is -3.25. The summed E-state index contributed by atoms with van der Waals surface area (Å²) in [7, 11) is 0. The van der Waals surface area contributed by atoms with Crippen LogP contribution in [-0.2, 0) is 0 Å². The van der Waals surface area contributed by atoms with Gasteiger partial charge in [-0.25, -0.2) is 4.98 Å². The molecule has 0 fully saturated rings. The first-order chi connectivity index (χ1) is 13.1. The molecule has 1 aliphatic rings. The molecule has 0 saturated heterocycles. The van der Waals surface area contributed by atoms with Crippen LogP contribution in [0.2, 0.25) is 5.02 Å². The highest BCUT2D eigenvalue weighted by Crippen LogP contribution is 2.34. The topological polar surface area (TPSA) is 72.5 Å². The summed E-state index contributed by atoms with van der Waals surface area (Å²) in [6.07, 6.45) is 1.59. The third-order valence-corrected chi connectivity index (χ3v) is 4.34. The van der Waals surface area contributed by atoms with Gasteiger partial charge in [-0.1, -0.05) is 11.6 Å². The molecule has 1 amide bonds. The average molecular weight is 382 g/mol. The Kier molecular flexibility index (Phi) is 4.56. The highest BCUT2D eigenvalue weighted by molar-refractivity contribution is 6.30. The first-order valence-corrected chi connectivity index (χ1v) is 8.66. The van der Waals surface area contributed by atoms with Crippen LogP contribution < -0.4 is 20.1 Å². The Morgan fingerprint density at radius 2 is 1.93 bits per heavy atom. The van der Waals surface area contributed by atoms with Crippen LogP contribution in [0.4, 0.5) is 17.2 Å². The largest absolute Gasteiger partial charge is 0.454 e. The van der Waals surface area contributed by atoms with E-state index < -0.39 is 0 Å². The summed E-state index contributed by atoms with van der Waals surface area (Å²) in [6, 6.07) is 14.1. The van der Waals surface area contributed by atoms with Crippen molar-refractivity contribution in [1.29, 1.82) is 0 Å². The number of fused-ring (bicyclic) bond motifs is 1. The predicted octanol–water partition coefficient (Wildman–Crippen LogP) is 4.77. The van der Waals surface area contributed by atoms with E-state index in [0.29, 0.717) is 33.6 Å². The number of aryl methyl sites for hydroxylation is 1. The number of anilines is 3. The van der Waals surface area contributed by atoms with Crippen LogP contribution in [0.15, 0.2) is 54.7 Å². The third-order valence-electron chi connectivity index (χ3n) is 4.10. The fourth-order valence-electron chi connectivity index (χ4n) is 2.72. The molecule has 0 unspecified atom stereocenters. The van der Waals surface area contributed by atoms with Gasteiger partial charge in [0.1, 0.15) is 5.82 Å². The predicted molar refractivity (Wildman–Crippen MR) is 104 cm³/mol. The van der Waals surface area contributed by atoms with Crippen molar-refractivity contribution in [3.05, 3.63) is 70.9 Å². The number of amides is 1.